The third-order valence-corrected chi connectivity index (χ3v) is 4.54. The molecule has 0 amide bonds. The summed E-state index contributed by atoms with van der Waals surface area (Å²) in [4.78, 5) is 10.8. The number of hydrogen-bond acceptors (Lipinski definition) is 3. The molecule has 0 unspecified atom stereocenters. The zero-order valence-electron chi connectivity index (χ0n) is 19.6. The molecule has 0 aromatic carbocycles. The highest BCUT2D eigenvalue weighted by atomic mass is 16.6. The van der Waals surface area contributed by atoms with Crippen molar-refractivity contribution in [1.82, 2.24) is 0 Å². The molecule has 0 aliphatic heterocycles. The van der Waals surface area contributed by atoms with Crippen LogP contribution in [0.2, 0.25) is 0 Å². The standard InChI is InChI=1S/C24H46O4/c1-22(2,3)17-15-13-11-9-8-10-12-14-16-18-27-24(6,7)20-28-23(4,5)19-21(25)26/h13,15H,8-12,14,16-20H2,1-7H3,(H,25,26)/b15-13-. The molecule has 0 bridgehead atoms. The van der Waals surface area contributed by atoms with Crippen LogP contribution < -0.4 is 0 Å². The number of carboxylic acid groups (broad SMARTS) is 1. The van der Waals surface area contributed by atoms with Crippen LogP contribution in [0.25, 0.3) is 0 Å². The number of carboxylic acids is 1. The maximum absolute atomic E-state index is 10.8. The van der Waals surface area contributed by atoms with Crippen molar-refractivity contribution in [3.8, 4) is 0 Å². The summed E-state index contributed by atoms with van der Waals surface area (Å²) < 4.78 is 11.7. The van der Waals surface area contributed by atoms with Crippen molar-refractivity contribution in [3.63, 3.8) is 0 Å². The van der Waals surface area contributed by atoms with Crippen molar-refractivity contribution >= 4 is 5.97 Å². The Morgan fingerprint density at radius 3 is 1.93 bits per heavy atom. The molecule has 0 aromatic heterocycles. The minimum Gasteiger partial charge on any atom is -0.481 e. The molecular formula is C24H46O4. The molecule has 166 valence electrons. The van der Waals surface area contributed by atoms with Crippen LogP contribution in [0.4, 0.5) is 0 Å². The summed E-state index contributed by atoms with van der Waals surface area (Å²) in [7, 11) is 0. The Hall–Kier alpha value is -0.870. The Balaban J connectivity index is 3.65. The van der Waals surface area contributed by atoms with Gasteiger partial charge in [-0.1, -0.05) is 58.6 Å². The van der Waals surface area contributed by atoms with Gasteiger partial charge in [0.1, 0.15) is 0 Å². The average molecular weight is 399 g/mol. The minimum absolute atomic E-state index is 0.00450. The second kappa shape index (κ2) is 13.4. The first-order valence-electron chi connectivity index (χ1n) is 11.0. The van der Waals surface area contributed by atoms with Crippen molar-refractivity contribution in [3.05, 3.63) is 12.2 Å². The number of hydrogen-bond donors (Lipinski definition) is 1. The second-order valence-corrected chi connectivity index (χ2v) is 10.4. The van der Waals surface area contributed by atoms with E-state index in [9.17, 15) is 4.79 Å². The summed E-state index contributed by atoms with van der Waals surface area (Å²) in [5, 5.41) is 8.91. The van der Waals surface area contributed by atoms with Crippen molar-refractivity contribution in [2.75, 3.05) is 13.2 Å². The maximum Gasteiger partial charge on any atom is 0.306 e. The average Bonchev–Trinajstić information content (AvgIpc) is 2.52. The summed E-state index contributed by atoms with van der Waals surface area (Å²) in [6, 6.07) is 0. The molecule has 0 fully saturated rings. The molecule has 0 atom stereocenters. The van der Waals surface area contributed by atoms with E-state index >= 15 is 0 Å². The lowest BCUT2D eigenvalue weighted by Gasteiger charge is -2.31. The fourth-order valence-electron chi connectivity index (χ4n) is 2.80. The molecule has 0 saturated heterocycles. The van der Waals surface area contributed by atoms with Gasteiger partial charge >= 0.3 is 5.97 Å². The molecule has 1 N–H and O–H groups in total. The van der Waals surface area contributed by atoms with Crippen LogP contribution in [0.1, 0.15) is 106 Å². The maximum atomic E-state index is 10.8. The fraction of sp³-hybridized carbons (Fsp3) is 0.875. The van der Waals surface area contributed by atoms with E-state index in [1.165, 1.54) is 38.5 Å². The third kappa shape index (κ3) is 18.5. The number of ether oxygens (including phenoxy) is 2. The second-order valence-electron chi connectivity index (χ2n) is 10.4. The van der Waals surface area contributed by atoms with Crippen molar-refractivity contribution in [2.24, 2.45) is 5.41 Å². The summed E-state index contributed by atoms with van der Waals surface area (Å²) >= 11 is 0. The van der Waals surface area contributed by atoms with Crippen molar-refractivity contribution in [1.29, 1.82) is 0 Å². The summed E-state index contributed by atoms with van der Waals surface area (Å²) in [6.07, 6.45) is 14.4. The van der Waals surface area contributed by atoms with Crippen LogP contribution in [-0.2, 0) is 14.3 Å². The monoisotopic (exact) mass is 398 g/mol. The van der Waals surface area contributed by atoms with Crippen LogP contribution in [0.3, 0.4) is 0 Å². The summed E-state index contributed by atoms with van der Waals surface area (Å²) in [5.74, 6) is -0.843. The molecule has 28 heavy (non-hydrogen) atoms. The van der Waals surface area contributed by atoms with Crippen LogP contribution in [-0.4, -0.2) is 35.5 Å². The normalized spacial score (nSPS) is 13.4. The predicted octanol–water partition coefficient (Wildman–Crippen LogP) is 6.77. The summed E-state index contributed by atoms with van der Waals surface area (Å²) in [5.41, 5.74) is -0.669. The molecule has 0 heterocycles. The lowest BCUT2D eigenvalue weighted by molar-refractivity contribution is -0.151. The molecule has 0 aromatic rings. The van der Waals surface area contributed by atoms with Crippen LogP contribution in [0.5, 0.6) is 0 Å². The Kier molecular flexibility index (Phi) is 13.0. The molecule has 0 aliphatic carbocycles. The molecule has 0 rings (SSSR count). The minimum atomic E-state index is -0.843. The predicted molar refractivity (Wildman–Crippen MR) is 118 cm³/mol. The van der Waals surface area contributed by atoms with E-state index in [4.69, 9.17) is 14.6 Å². The van der Waals surface area contributed by atoms with Gasteiger partial charge in [-0.15, -0.1) is 0 Å². The van der Waals surface area contributed by atoms with Crippen molar-refractivity contribution in [2.45, 2.75) is 117 Å². The van der Waals surface area contributed by atoms with Gasteiger partial charge in [-0.2, -0.15) is 0 Å². The Labute approximate surface area is 174 Å². The molecule has 0 saturated carbocycles. The number of aliphatic carboxylic acids is 1. The number of rotatable bonds is 16. The molecule has 0 spiro atoms. The quantitative estimate of drug-likeness (QED) is 0.230. The Bertz CT molecular complexity index is 444. The van der Waals surface area contributed by atoms with Crippen molar-refractivity contribution < 1.29 is 19.4 Å². The van der Waals surface area contributed by atoms with E-state index in [1.54, 1.807) is 13.8 Å². The van der Waals surface area contributed by atoms with E-state index in [-0.39, 0.29) is 6.42 Å². The van der Waals surface area contributed by atoms with Gasteiger partial charge in [-0.3, -0.25) is 4.79 Å². The first kappa shape index (κ1) is 27.1. The van der Waals surface area contributed by atoms with Gasteiger partial charge in [-0.25, -0.2) is 0 Å². The molecule has 4 heteroatoms. The first-order valence-corrected chi connectivity index (χ1v) is 11.0. The zero-order valence-corrected chi connectivity index (χ0v) is 19.6. The lowest BCUT2D eigenvalue weighted by atomic mass is 9.92. The van der Waals surface area contributed by atoms with Gasteiger partial charge < -0.3 is 14.6 Å². The molecular weight excluding hydrogens is 352 g/mol. The number of unbranched alkanes of at least 4 members (excludes halogenated alkanes) is 6. The Morgan fingerprint density at radius 2 is 1.36 bits per heavy atom. The van der Waals surface area contributed by atoms with Crippen LogP contribution in [0, 0.1) is 5.41 Å². The smallest absolute Gasteiger partial charge is 0.306 e. The Morgan fingerprint density at radius 1 is 0.786 bits per heavy atom. The van der Waals surface area contributed by atoms with Gasteiger partial charge in [0.25, 0.3) is 0 Å². The largest absolute Gasteiger partial charge is 0.481 e. The zero-order chi connectivity index (χ0) is 21.7. The van der Waals surface area contributed by atoms with Gasteiger partial charge in [-0.05, 0) is 58.8 Å². The first-order chi connectivity index (χ1) is 12.8. The highest BCUT2D eigenvalue weighted by Gasteiger charge is 2.27. The number of carbonyl (C=O) groups is 1. The van der Waals surface area contributed by atoms with Gasteiger partial charge in [0, 0.05) is 6.61 Å². The molecule has 0 aliphatic rings. The van der Waals surface area contributed by atoms with Crippen LogP contribution >= 0.6 is 0 Å². The highest BCUT2D eigenvalue weighted by Crippen LogP contribution is 2.20. The molecule has 4 nitrogen and oxygen atoms in total. The van der Waals surface area contributed by atoms with Crippen LogP contribution in [0.15, 0.2) is 12.2 Å². The third-order valence-electron chi connectivity index (χ3n) is 4.54. The SMILES string of the molecule is CC(C)(C)C/C=C\CCCCCCCCOC(C)(C)COC(C)(C)CC(=O)O. The lowest BCUT2D eigenvalue weighted by Crippen LogP contribution is -2.38. The van der Waals surface area contributed by atoms with E-state index in [1.807, 2.05) is 13.8 Å². The van der Waals surface area contributed by atoms with Gasteiger partial charge in [0.2, 0.25) is 0 Å². The van der Waals surface area contributed by atoms with E-state index in [2.05, 4.69) is 32.9 Å². The summed E-state index contributed by atoms with van der Waals surface area (Å²) in [6.45, 7) is 15.5. The highest BCUT2D eigenvalue weighted by molar-refractivity contribution is 5.67. The van der Waals surface area contributed by atoms with E-state index < -0.39 is 17.2 Å². The topological polar surface area (TPSA) is 55.8 Å². The number of allylic oxidation sites excluding steroid dienone is 2. The molecule has 0 radical (unpaired) electrons. The fourth-order valence-corrected chi connectivity index (χ4v) is 2.80. The van der Waals surface area contributed by atoms with Gasteiger partial charge in [0.05, 0.1) is 24.2 Å². The van der Waals surface area contributed by atoms with E-state index in [0.29, 0.717) is 12.0 Å². The van der Waals surface area contributed by atoms with E-state index in [0.717, 1.165) is 19.4 Å². The van der Waals surface area contributed by atoms with Gasteiger partial charge in [0.15, 0.2) is 0 Å².